The molecule has 0 saturated carbocycles. The molecule has 0 spiro atoms. The molecule has 0 saturated heterocycles. The van der Waals surface area contributed by atoms with E-state index in [1.807, 2.05) is 17.5 Å². The van der Waals surface area contributed by atoms with Crippen molar-refractivity contribution in [2.75, 3.05) is 33.1 Å². The fourth-order valence-corrected chi connectivity index (χ4v) is 3.28. The molecule has 0 radical (unpaired) electrons. The summed E-state index contributed by atoms with van der Waals surface area (Å²) in [5, 5.41) is 6.58. The molecule has 6 heteroatoms. The molecule has 3 aromatic rings. The zero-order valence-corrected chi connectivity index (χ0v) is 14.3. The van der Waals surface area contributed by atoms with Crippen molar-refractivity contribution in [3.8, 4) is 5.75 Å². The molecule has 1 aromatic carbocycles. The number of methoxy groups -OCH3 is 1. The molecule has 0 aliphatic carbocycles. The van der Waals surface area contributed by atoms with Crippen LogP contribution in [-0.2, 0) is 0 Å². The van der Waals surface area contributed by atoms with Crippen LogP contribution in [0.3, 0.4) is 0 Å². The molecular weight excluding hydrogens is 308 g/mol. The minimum Gasteiger partial charge on any atom is -0.497 e. The van der Waals surface area contributed by atoms with Crippen LogP contribution in [0.1, 0.15) is 11.6 Å². The molecule has 0 fully saturated rings. The summed E-state index contributed by atoms with van der Waals surface area (Å²) in [7, 11) is 5.84. The molecule has 0 aliphatic heterocycles. The van der Waals surface area contributed by atoms with Crippen molar-refractivity contribution in [3.05, 3.63) is 47.6 Å². The Morgan fingerprint density at radius 2 is 1.96 bits per heavy atom. The van der Waals surface area contributed by atoms with E-state index in [0.29, 0.717) is 0 Å². The molecule has 5 nitrogen and oxygen atoms in total. The van der Waals surface area contributed by atoms with Crippen molar-refractivity contribution in [1.82, 2.24) is 14.9 Å². The quantitative estimate of drug-likeness (QED) is 0.751. The Morgan fingerprint density at radius 3 is 2.65 bits per heavy atom. The molecule has 120 valence electrons. The van der Waals surface area contributed by atoms with Gasteiger partial charge in [-0.1, -0.05) is 12.1 Å². The number of thiophene rings is 1. The number of hydrogen-bond acceptors (Lipinski definition) is 6. The number of nitrogens with zero attached hydrogens (tertiary/aromatic N) is 3. The van der Waals surface area contributed by atoms with Crippen LogP contribution in [0.15, 0.2) is 42.0 Å². The Morgan fingerprint density at radius 1 is 1.17 bits per heavy atom. The first-order valence-electron chi connectivity index (χ1n) is 7.41. The zero-order valence-electron chi connectivity index (χ0n) is 13.5. The standard InChI is InChI=1S/C17H20N4OS/c1-21(2)15(12-4-6-13(22-3)7-5-12)10-18-16-14-8-9-23-17(14)20-11-19-16/h4-9,11,15H,10H2,1-3H3,(H,18,19,20)/t15-/m0/s1. The predicted molar refractivity (Wildman–Crippen MR) is 95.3 cm³/mol. The number of rotatable bonds is 6. The lowest BCUT2D eigenvalue weighted by molar-refractivity contribution is 0.311. The van der Waals surface area contributed by atoms with Crippen molar-refractivity contribution in [1.29, 1.82) is 0 Å². The summed E-state index contributed by atoms with van der Waals surface area (Å²) < 4.78 is 5.23. The minimum atomic E-state index is 0.240. The van der Waals surface area contributed by atoms with Crippen molar-refractivity contribution in [3.63, 3.8) is 0 Å². The average Bonchev–Trinajstić information content (AvgIpc) is 3.04. The van der Waals surface area contributed by atoms with Gasteiger partial charge in [-0.15, -0.1) is 11.3 Å². The van der Waals surface area contributed by atoms with Gasteiger partial charge in [0.15, 0.2) is 0 Å². The lowest BCUT2D eigenvalue weighted by atomic mass is 10.1. The van der Waals surface area contributed by atoms with Crippen molar-refractivity contribution >= 4 is 27.4 Å². The second-order valence-corrected chi connectivity index (χ2v) is 6.39. The predicted octanol–water partition coefficient (Wildman–Crippen LogP) is 3.41. The topological polar surface area (TPSA) is 50.3 Å². The number of hydrogen-bond donors (Lipinski definition) is 1. The van der Waals surface area contributed by atoms with Crippen molar-refractivity contribution in [2.24, 2.45) is 0 Å². The summed E-state index contributed by atoms with van der Waals surface area (Å²) in [5.74, 6) is 1.76. The molecule has 0 aliphatic rings. The molecule has 0 unspecified atom stereocenters. The first-order valence-corrected chi connectivity index (χ1v) is 8.29. The fraction of sp³-hybridized carbons (Fsp3) is 0.294. The first kappa shape index (κ1) is 15.7. The number of anilines is 1. The van der Waals surface area contributed by atoms with E-state index >= 15 is 0 Å². The number of fused-ring (bicyclic) bond motifs is 1. The van der Waals surface area contributed by atoms with Gasteiger partial charge in [0, 0.05) is 6.54 Å². The van der Waals surface area contributed by atoms with E-state index < -0.39 is 0 Å². The van der Waals surface area contributed by atoms with E-state index in [0.717, 1.165) is 28.3 Å². The number of ether oxygens (including phenoxy) is 1. The van der Waals surface area contributed by atoms with E-state index in [-0.39, 0.29) is 6.04 Å². The third-order valence-corrected chi connectivity index (χ3v) is 4.67. The highest BCUT2D eigenvalue weighted by molar-refractivity contribution is 7.16. The molecule has 2 aromatic heterocycles. The van der Waals surface area contributed by atoms with Gasteiger partial charge in [0.05, 0.1) is 18.5 Å². The Kier molecular flexibility index (Phi) is 4.73. The van der Waals surface area contributed by atoms with Crippen LogP contribution in [0.2, 0.25) is 0 Å². The van der Waals surface area contributed by atoms with E-state index in [4.69, 9.17) is 4.74 Å². The molecule has 23 heavy (non-hydrogen) atoms. The highest BCUT2D eigenvalue weighted by Crippen LogP contribution is 2.26. The van der Waals surface area contributed by atoms with Crippen LogP contribution >= 0.6 is 11.3 Å². The number of likely N-dealkylation sites (N-methyl/N-ethyl adjacent to an activating group) is 1. The molecule has 0 bridgehead atoms. The van der Waals surface area contributed by atoms with Crippen LogP contribution in [0.4, 0.5) is 5.82 Å². The second kappa shape index (κ2) is 6.93. The van der Waals surface area contributed by atoms with Gasteiger partial charge >= 0.3 is 0 Å². The Balaban J connectivity index is 1.78. The molecular formula is C17H20N4OS. The van der Waals surface area contributed by atoms with E-state index in [1.165, 1.54) is 5.56 Å². The molecule has 0 amide bonds. The van der Waals surface area contributed by atoms with Crippen molar-refractivity contribution in [2.45, 2.75) is 6.04 Å². The smallest absolute Gasteiger partial charge is 0.138 e. The van der Waals surface area contributed by atoms with Crippen LogP contribution in [0.25, 0.3) is 10.2 Å². The zero-order chi connectivity index (χ0) is 16.2. The van der Waals surface area contributed by atoms with Gasteiger partial charge < -0.3 is 15.0 Å². The van der Waals surface area contributed by atoms with Gasteiger partial charge in [-0.25, -0.2) is 9.97 Å². The van der Waals surface area contributed by atoms with Gasteiger partial charge in [0.25, 0.3) is 0 Å². The summed E-state index contributed by atoms with van der Waals surface area (Å²) in [6.07, 6.45) is 1.61. The van der Waals surface area contributed by atoms with Crippen LogP contribution in [-0.4, -0.2) is 42.6 Å². The maximum Gasteiger partial charge on any atom is 0.138 e. The molecule has 3 rings (SSSR count). The number of aromatic nitrogens is 2. The highest BCUT2D eigenvalue weighted by atomic mass is 32.1. The van der Waals surface area contributed by atoms with Crippen LogP contribution in [0.5, 0.6) is 5.75 Å². The Bertz CT molecular complexity index is 770. The van der Waals surface area contributed by atoms with Gasteiger partial charge in [-0.2, -0.15) is 0 Å². The Hall–Kier alpha value is -2.18. The number of benzene rings is 1. The normalized spacial score (nSPS) is 12.5. The van der Waals surface area contributed by atoms with Crippen molar-refractivity contribution < 1.29 is 4.74 Å². The van der Waals surface area contributed by atoms with Gasteiger partial charge in [-0.3, -0.25) is 0 Å². The summed E-state index contributed by atoms with van der Waals surface area (Å²) in [6, 6.07) is 10.5. The molecule has 1 atom stereocenters. The monoisotopic (exact) mass is 328 g/mol. The summed E-state index contributed by atoms with van der Waals surface area (Å²) in [6.45, 7) is 0.765. The summed E-state index contributed by atoms with van der Waals surface area (Å²) in [4.78, 5) is 11.9. The Labute approximate surface area is 139 Å². The lowest BCUT2D eigenvalue weighted by Gasteiger charge is -2.25. The second-order valence-electron chi connectivity index (χ2n) is 5.50. The summed E-state index contributed by atoms with van der Waals surface area (Å²) >= 11 is 1.63. The van der Waals surface area contributed by atoms with Gasteiger partial charge in [0.1, 0.15) is 22.7 Å². The van der Waals surface area contributed by atoms with E-state index in [1.54, 1.807) is 24.8 Å². The molecule has 2 heterocycles. The average molecular weight is 328 g/mol. The SMILES string of the molecule is COc1ccc([C@H](CNc2ncnc3sccc23)N(C)C)cc1. The van der Waals surface area contributed by atoms with E-state index in [9.17, 15) is 0 Å². The van der Waals surface area contributed by atoms with Gasteiger partial charge in [-0.05, 0) is 43.2 Å². The fourth-order valence-electron chi connectivity index (χ4n) is 2.55. The largest absolute Gasteiger partial charge is 0.497 e. The third kappa shape index (κ3) is 3.43. The maximum absolute atomic E-state index is 5.23. The number of nitrogens with one attached hydrogen (secondary N) is 1. The summed E-state index contributed by atoms with van der Waals surface area (Å²) in [5.41, 5.74) is 1.24. The maximum atomic E-state index is 5.23. The highest BCUT2D eigenvalue weighted by Gasteiger charge is 2.15. The third-order valence-electron chi connectivity index (χ3n) is 3.85. The van der Waals surface area contributed by atoms with Crippen LogP contribution in [0, 0.1) is 0 Å². The van der Waals surface area contributed by atoms with Gasteiger partial charge in [0.2, 0.25) is 0 Å². The van der Waals surface area contributed by atoms with E-state index in [2.05, 4.69) is 52.5 Å². The lowest BCUT2D eigenvalue weighted by Crippen LogP contribution is -2.27. The first-order chi connectivity index (χ1) is 11.2. The van der Waals surface area contributed by atoms with Crippen LogP contribution < -0.4 is 10.1 Å². The molecule has 1 N–H and O–H groups in total. The minimum absolute atomic E-state index is 0.240.